The van der Waals surface area contributed by atoms with Gasteiger partial charge in [-0.3, -0.25) is 4.79 Å². The minimum Gasteiger partial charge on any atom is -0.343 e. The van der Waals surface area contributed by atoms with Crippen LogP contribution < -0.4 is 0 Å². The minimum absolute atomic E-state index is 0.0258. The molecule has 1 aromatic carbocycles. The number of piperidine rings is 1. The fourth-order valence-corrected chi connectivity index (χ4v) is 2.65. The summed E-state index contributed by atoms with van der Waals surface area (Å²) in [6, 6.07) is 6.51. The van der Waals surface area contributed by atoms with Crippen LogP contribution in [0.5, 0.6) is 0 Å². The van der Waals surface area contributed by atoms with Crippen molar-refractivity contribution in [1.29, 1.82) is 0 Å². The Morgan fingerprint density at radius 2 is 1.81 bits per heavy atom. The monoisotopic (exact) mass is 303 g/mol. The lowest BCUT2D eigenvalue weighted by atomic mass is 9.89. The number of likely N-dealkylation sites (tertiary alicyclic amines) is 1. The molecule has 0 radical (unpaired) electrons. The van der Waals surface area contributed by atoms with Crippen molar-refractivity contribution in [2.45, 2.75) is 37.8 Å². The van der Waals surface area contributed by atoms with Gasteiger partial charge >= 0.3 is 6.18 Å². The van der Waals surface area contributed by atoms with Crippen molar-refractivity contribution in [3.05, 3.63) is 35.6 Å². The van der Waals surface area contributed by atoms with Gasteiger partial charge < -0.3 is 4.90 Å². The zero-order valence-electron chi connectivity index (χ0n) is 11.5. The molecule has 0 N–H and O–H groups in total. The molecule has 2 nitrogen and oxygen atoms in total. The standard InChI is InChI=1S/C15H17F4NO/c16-13-4-2-1-3-12(13)11-6-9-20(10-7-11)14(21)5-8-15(17,18)19/h1-4,11H,5-10H2. The van der Waals surface area contributed by atoms with Crippen molar-refractivity contribution in [1.82, 2.24) is 4.90 Å². The van der Waals surface area contributed by atoms with Gasteiger partial charge in [0, 0.05) is 19.5 Å². The molecule has 1 aliphatic heterocycles. The first kappa shape index (κ1) is 15.8. The average Bonchev–Trinajstić information content (AvgIpc) is 2.45. The van der Waals surface area contributed by atoms with Crippen molar-refractivity contribution in [2.24, 2.45) is 0 Å². The first-order chi connectivity index (χ1) is 9.87. The van der Waals surface area contributed by atoms with Gasteiger partial charge in [0.05, 0.1) is 6.42 Å². The maximum atomic E-state index is 13.7. The number of halogens is 4. The molecule has 0 atom stereocenters. The number of benzene rings is 1. The summed E-state index contributed by atoms with van der Waals surface area (Å²) >= 11 is 0. The van der Waals surface area contributed by atoms with E-state index in [0.717, 1.165) is 0 Å². The third kappa shape index (κ3) is 4.44. The molecule has 0 spiro atoms. The van der Waals surface area contributed by atoms with Gasteiger partial charge in [0.1, 0.15) is 5.82 Å². The van der Waals surface area contributed by atoms with E-state index in [9.17, 15) is 22.4 Å². The first-order valence-corrected chi connectivity index (χ1v) is 6.96. The van der Waals surface area contributed by atoms with E-state index in [-0.39, 0.29) is 11.7 Å². The predicted molar refractivity (Wildman–Crippen MR) is 70.2 cm³/mol. The molecule has 1 aromatic rings. The molecule has 116 valence electrons. The summed E-state index contributed by atoms with van der Waals surface area (Å²) in [5, 5.41) is 0. The van der Waals surface area contributed by atoms with Gasteiger partial charge in [-0.1, -0.05) is 18.2 Å². The van der Waals surface area contributed by atoms with Gasteiger partial charge in [-0.05, 0) is 30.4 Å². The molecule has 0 aliphatic carbocycles. The third-order valence-corrected chi connectivity index (χ3v) is 3.82. The number of carbonyl (C=O) groups is 1. The van der Waals surface area contributed by atoms with Crippen molar-refractivity contribution in [2.75, 3.05) is 13.1 Å². The molecular formula is C15H17F4NO. The van der Waals surface area contributed by atoms with Crippen LogP contribution >= 0.6 is 0 Å². The summed E-state index contributed by atoms with van der Waals surface area (Å²) in [7, 11) is 0. The first-order valence-electron chi connectivity index (χ1n) is 6.96. The fraction of sp³-hybridized carbons (Fsp3) is 0.533. The highest BCUT2D eigenvalue weighted by atomic mass is 19.4. The number of hydrogen-bond acceptors (Lipinski definition) is 1. The van der Waals surface area contributed by atoms with E-state index in [1.165, 1.54) is 11.0 Å². The van der Waals surface area contributed by atoms with Gasteiger partial charge in [-0.2, -0.15) is 13.2 Å². The maximum Gasteiger partial charge on any atom is 0.389 e. The second kappa shape index (κ2) is 6.45. The molecule has 1 amide bonds. The molecule has 21 heavy (non-hydrogen) atoms. The smallest absolute Gasteiger partial charge is 0.343 e. The number of amides is 1. The zero-order chi connectivity index (χ0) is 15.5. The van der Waals surface area contributed by atoms with Gasteiger partial charge in [0.2, 0.25) is 5.91 Å². The van der Waals surface area contributed by atoms with E-state index >= 15 is 0 Å². The molecule has 2 rings (SSSR count). The zero-order valence-corrected chi connectivity index (χ0v) is 11.5. The molecule has 1 saturated heterocycles. The molecule has 0 aromatic heterocycles. The lowest BCUT2D eigenvalue weighted by molar-refractivity contribution is -0.149. The van der Waals surface area contributed by atoms with Crippen LogP contribution in [0.15, 0.2) is 24.3 Å². The van der Waals surface area contributed by atoms with E-state index in [2.05, 4.69) is 0 Å². The van der Waals surface area contributed by atoms with Crippen LogP contribution in [0, 0.1) is 5.82 Å². The fourth-order valence-electron chi connectivity index (χ4n) is 2.65. The lowest BCUT2D eigenvalue weighted by Gasteiger charge is -2.32. The number of carbonyl (C=O) groups excluding carboxylic acids is 1. The maximum absolute atomic E-state index is 13.7. The van der Waals surface area contributed by atoms with E-state index in [1.54, 1.807) is 18.2 Å². The Labute approximate surface area is 120 Å². The van der Waals surface area contributed by atoms with Crippen LogP contribution in [-0.4, -0.2) is 30.1 Å². The van der Waals surface area contributed by atoms with Crippen LogP contribution in [0.4, 0.5) is 17.6 Å². The topological polar surface area (TPSA) is 20.3 Å². The highest BCUT2D eigenvalue weighted by Crippen LogP contribution is 2.30. The lowest BCUT2D eigenvalue weighted by Crippen LogP contribution is -2.38. The SMILES string of the molecule is O=C(CCC(F)(F)F)N1CCC(c2ccccc2F)CC1. The Morgan fingerprint density at radius 1 is 1.19 bits per heavy atom. The van der Waals surface area contributed by atoms with Crippen molar-refractivity contribution in [3.63, 3.8) is 0 Å². The second-order valence-corrected chi connectivity index (χ2v) is 5.29. The third-order valence-electron chi connectivity index (χ3n) is 3.82. The number of nitrogens with zero attached hydrogens (tertiary/aromatic N) is 1. The van der Waals surface area contributed by atoms with E-state index < -0.39 is 24.9 Å². The summed E-state index contributed by atoms with van der Waals surface area (Å²) in [4.78, 5) is 13.2. The van der Waals surface area contributed by atoms with Gasteiger partial charge in [-0.15, -0.1) is 0 Å². The van der Waals surface area contributed by atoms with Crippen LogP contribution in [0.25, 0.3) is 0 Å². The Morgan fingerprint density at radius 3 is 2.38 bits per heavy atom. The summed E-state index contributed by atoms with van der Waals surface area (Å²) in [5.74, 6) is -0.712. The van der Waals surface area contributed by atoms with Crippen molar-refractivity contribution < 1.29 is 22.4 Å². The van der Waals surface area contributed by atoms with E-state index in [0.29, 0.717) is 31.5 Å². The van der Waals surface area contributed by atoms with Crippen LogP contribution in [-0.2, 0) is 4.79 Å². The van der Waals surface area contributed by atoms with Crippen molar-refractivity contribution in [3.8, 4) is 0 Å². The molecule has 0 unspecified atom stereocenters. The van der Waals surface area contributed by atoms with E-state index in [1.807, 2.05) is 0 Å². The number of hydrogen-bond donors (Lipinski definition) is 0. The second-order valence-electron chi connectivity index (χ2n) is 5.29. The van der Waals surface area contributed by atoms with Gasteiger partial charge in [-0.25, -0.2) is 4.39 Å². The minimum atomic E-state index is -4.30. The van der Waals surface area contributed by atoms with Crippen LogP contribution in [0.1, 0.15) is 37.2 Å². The Hall–Kier alpha value is -1.59. The van der Waals surface area contributed by atoms with Gasteiger partial charge in [0.15, 0.2) is 0 Å². The molecule has 0 bridgehead atoms. The Balaban J connectivity index is 1.86. The summed E-state index contributed by atoms with van der Waals surface area (Å²) in [6.45, 7) is 0.769. The van der Waals surface area contributed by atoms with Crippen LogP contribution in [0.3, 0.4) is 0 Å². The molecule has 1 fully saturated rings. The number of alkyl halides is 3. The van der Waals surface area contributed by atoms with Crippen LogP contribution in [0.2, 0.25) is 0 Å². The molecule has 0 saturated carbocycles. The quantitative estimate of drug-likeness (QED) is 0.776. The predicted octanol–water partition coefficient (Wildman–Crippen LogP) is 3.87. The van der Waals surface area contributed by atoms with Crippen molar-refractivity contribution >= 4 is 5.91 Å². The largest absolute Gasteiger partial charge is 0.389 e. The molecule has 1 aliphatic rings. The summed E-state index contributed by atoms with van der Waals surface area (Å²) < 4.78 is 50.0. The van der Waals surface area contributed by atoms with E-state index in [4.69, 9.17) is 0 Å². The molecular weight excluding hydrogens is 286 g/mol. The summed E-state index contributed by atoms with van der Waals surface area (Å²) in [5.41, 5.74) is 0.625. The molecule has 6 heteroatoms. The Kier molecular flexibility index (Phi) is 4.85. The number of rotatable bonds is 3. The molecule has 1 heterocycles. The Bertz CT molecular complexity index is 493. The highest BCUT2D eigenvalue weighted by molar-refractivity contribution is 5.76. The highest BCUT2D eigenvalue weighted by Gasteiger charge is 2.30. The van der Waals surface area contributed by atoms with Gasteiger partial charge in [0.25, 0.3) is 0 Å². The normalized spacial score (nSPS) is 17.0. The summed E-state index contributed by atoms with van der Waals surface area (Å²) in [6.07, 6.45) is -4.73. The average molecular weight is 303 g/mol.